The van der Waals surface area contributed by atoms with Crippen LogP contribution in [0.3, 0.4) is 0 Å². The first-order valence-corrected chi connectivity index (χ1v) is 7.63. The van der Waals surface area contributed by atoms with Crippen LogP contribution in [0.2, 0.25) is 0 Å². The third-order valence-corrected chi connectivity index (χ3v) is 5.73. The van der Waals surface area contributed by atoms with Gasteiger partial charge in [0, 0.05) is 28.5 Å². The summed E-state index contributed by atoms with van der Waals surface area (Å²) in [6.45, 7) is 4.23. The van der Waals surface area contributed by atoms with Crippen LogP contribution in [0.4, 0.5) is 0 Å². The van der Waals surface area contributed by atoms with Crippen molar-refractivity contribution in [1.29, 1.82) is 0 Å². The van der Waals surface area contributed by atoms with Crippen LogP contribution in [-0.2, 0) is 6.42 Å². The second-order valence-corrected chi connectivity index (χ2v) is 6.58. The van der Waals surface area contributed by atoms with E-state index in [-0.39, 0.29) is 5.56 Å². The molecular weight excluding hydrogens is 240 g/mol. The lowest BCUT2D eigenvalue weighted by Crippen LogP contribution is -2.22. The van der Waals surface area contributed by atoms with E-state index in [2.05, 4.69) is 16.9 Å². The maximum absolute atomic E-state index is 11.5. The van der Waals surface area contributed by atoms with Crippen molar-refractivity contribution in [1.82, 2.24) is 9.97 Å². The predicted molar refractivity (Wildman–Crippen MR) is 71.4 cm³/mol. The Labute approximate surface area is 104 Å². The van der Waals surface area contributed by atoms with Gasteiger partial charge in [0.2, 0.25) is 0 Å². The molecule has 88 valence electrons. The Bertz CT molecular complexity index is 419. The van der Waals surface area contributed by atoms with Crippen LogP contribution in [0.15, 0.2) is 10.9 Å². The zero-order valence-electron chi connectivity index (χ0n) is 9.53. The van der Waals surface area contributed by atoms with Crippen LogP contribution in [-0.4, -0.2) is 26.7 Å². The number of H-pyrrole nitrogens is 1. The van der Waals surface area contributed by atoms with Crippen LogP contribution in [0.5, 0.6) is 0 Å². The first-order chi connectivity index (χ1) is 7.70. The summed E-state index contributed by atoms with van der Waals surface area (Å²) >= 11 is 3.86. The van der Waals surface area contributed by atoms with E-state index in [1.807, 2.05) is 30.4 Å². The molecule has 1 aromatic rings. The summed E-state index contributed by atoms with van der Waals surface area (Å²) < 4.78 is 0. The van der Waals surface area contributed by atoms with Gasteiger partial charge in [-0.1, -0.05) is 13.8 Å². The highest BCUT2D eigenvalue weighted by Gasteiger charge is 2.26. The molecule has 0 aliphatic carbocycles. The lowest BCUT2D eigenvalue weighted by molar-refractivity contribution is 0.795. The average Bonchev–Trinajstić information content (AvgIpc) is 2.28. The summed E-state index contributed by atoms with van der Waals surface area (Å²) in [5, 5.41) is 0.854. The predicted octanol–water partition coefficient (Wildman–Crippen LogP) is 2.24. The molecule has 0 spiro atoms. The lowest BCUT2D eigenvalue weighted by atomic mass is 10.2. The monoisotopic (exact) mass is 256 g/mol. The number of hydrogen-bond acceptors (Lipinski definition) is 4. The van der Waals surface area contributed by atoms with Crippen molar-refractivity contribution < 1.29 is 0 Å². The summed E-state index contributed by atoms with van der Waals surface area (Å²) in [6, 6.07) is 1.59. The van der Waals surface area contributed by atoms with Crippen LogP contribution in [0.1, 0.15) is 30.6 Å². The molecule has 1 fully saturated rings. The number of aromatic nitrogens is 2. The van der Waals surface area contributed by atoms with E-state index in [1.165, 1.54) is 5.75 Å². The maximum atomic E-state index is 11.5. The van der Waals surface area contributed by atoms with Gasteiger partial charge < -0.3 is 4.98 Å². The van der Waals surface area contributed by atoms with Crippen molar-refractivity contribution in [2.24, 2.45) is 0 Å². The van der Waals surface area contributed by atoms with Crippen molar-refractivity contribution in [3.05, 3.63) is 27.9 Å². The van der Waals surface area contributed by atoms with E-state index in [1.54, 1.807) is 6.07 Å². The van der Waals surface area contributed by atoms with Gasteiger partial charge in [-0.15, -0.1) is 11.8 Å². The van der Waals surface area contributed by atoms with Crippen LogP contribution in [0, 0.1) is 0 Å². The molecule has 0 aromatic carbocycles. The topological polar surface area (TPSA) is 45.8 Å². The molecule has 0 saturated carbocycles. The first-order valence-electron chi connectivity index (χ1n) is 5.54. The minimum atomic E-state index is -0.0229. The number of aromatic amines is 1. The standard InChI is InChI=1S/C11H16N2OS2/c1-3-8-6-9(14)13-11(12-8)10-7(2)15-4-5-16-10/h6-7,10H,3-5H2,1-2H3,(H,12,13,14). The fourth-order valence-electron chi connectivity index (χ4n) is 1.78. The molecule has 0 amide bonds. The minimum Gasteiger partial charge on any atom is -0.310 e. The van der Waals surface area contributed by atoms with Gasteiger partial charge in [0.05, 0.1) is 5.25 Å². The molecule has 1 aliphatic heterocycles. The number of rotatable bonds is 2. The molecule has 0 bridgehead atoms. The third-order valence-electron chi connectivity index (χ3n) is 2.63. The van der Waals surface area contributed by atoms with Crippen molar-refractivity contribution in [3.63, 3.8) is 0 Å². The fourth-order valence-corrected chi connectivity index (χ4v) is 4.49. The van der Waals surface area contributed by atoms with Gasteiger partial charge in [-0.3, -0.25) is 4.79 Å². The summed E-state index contributed by atoms with van der Waals surface area (Å²) in [5.41, 5.74) is 0.868. The Morgan fingerprint density at radius 2 is 2.25 bits per heavy atom. The third kappa shape index (κ3) is 2.63. The number of thioether (sulfide) groups is 2. The molecule has 1 aliphatic rings. The second kappa shape index (κ2) is 5.27. The van der Waals surface area contributed by atoms with Crippen molar-refractivity contribution in [2.45, 2.75) is 30.8 Å². The molecule has 2 unspecified atom stereocenters. The largest absolute Gasteiger partial charge is 0.310 e. The smallest absolute Gasteiger partial charge is 0.251 e. The highest BCUT2D eigenvalue weighted by molar-refractivity contribution is 8.06. The molecule has 5 heteroatoms. The Morgan fingerprint density at radius 3 is 2.94 bits per heavy atom. The maximum Gasteiger partial charge on any atom is 0.251 e. The van der Waals surface area contributed by atoms with Crippen LogP contribution >= 0.6 is 23.5 Å². The van der Waals surface area contributed by atoms with Gasteiger partial charge in [-0.25, -0.2) is 4.98 Å². The normalized spacial score (nSPS) is 25.6. The zero-order valence-corrected chi connectivity index (χ0v) is 11.2. The molecule has 2 atom stereocenters. The van der Waals surface area contributed by atoms with Gasteiger partial charge in [-0.05, 0) is 6.42 Å². The first kappa shape index (κ1) is 12.0. The van der Waals surface area contributed by atoms with Gasteiger partial charge in [0.1, 0.15) is 5.82 Å². The van der Waals surface area contributed by atoms with E-state index >= 15 is 0 Å². The van der Waals surface area contributed by atoms with Crippen LogP contribution in [0.25, 0.3) is 0 Å². The zero-order chi connectivity index (χ0) is 11.5. The van der Waals surface area contributed by atoms with Crippen molar-refractivity contribution in [2.75, 3.05) is 11.5 Å². The summed E-state index contributed by atoms with van der Waals surface area (Å²) in [6.07, 6.45) is 0.815. The quantitative estimate of drug-likeness (QED) is 0.881. The minimum absolute atomic E-state index is 0.0229. The van der Waals surface area contributed by atoms with E-state index in [9.17, 15) is 4.79 Å². The molecule has 1 N–H and O–H groups in total. The molecule has 1 aromatic heterocycles. The second-order valence-electron chi connectivity index (χ2n) is 3.84. The molecule has 16 heavy (non-hydrogen) atoms. The molecule has 2 rings (SSSR count). The number of hydrogen-bond donors (Lipinski definition) is 1. The van der Waals surface area contributed by atoms with Gasteiger partial charge in [0.25, 0.3) is 5.56 Å². The molecule has 3 nitrogen and oxygen atoms in total. The molecule has 2 heterocycles. The van der Waals surface area contributed by atoms with E-state index in [0.717, 1.165) is 23.7 Å². The molecular formula is C11H16N2OS2. The highest BCUT2D eigenvalue weighted by atomic mass is 32.2. The van der Waals surface area contributed by atoms with Gasteiger partial charge >= 0.3 is 0 Å². The van der Waals surface area contributed by atoms with E-state index in [0.29, 0.717) is 10.5 Å². The number of nitrogens with one attached hydrogen (secondary N) is 1. The van der Waals surface area contributed by atoms with Crippen molar-refractivity contribution in [3.8, 4) is 0 Å². The summed E-state index contributed by atoms with van der Waals surface area (Å²) in [5.74, 6) is 3.19. The Kier molecular flexibility index (Phi) is 3.97. The number of nitrogens with zero attached hydrogens (tertiary/aromatic N) is 1. The van der Waals surface area contributed by atoms with Gasteiger partial charge in [0.15, 0.2) is 0 Å². The highest BCUT2D eigenvalue weighted by Crippen LogP contribution is 2.40. The van der Waals surface area contributed by atoms with E-state index in [4.69, 9.17) is 0 Å². The Balaban J connectivity index is 2.31. The lowest BCUT2D eigenvalue weighted by Gasteiger charge is -2.26. The average molecular weight is 256 g/mol. The van der Waals surface area contributed by atoms with E-state index < -0.39 is 0 Å². The van der Waals surface area contributed by atoms with Crippen LogP contribution < -0.4 is 5.56 Å². The van der Waals surface area contributed by atoms with Gasteiger partial charge in [-0.2, -0.15) is 11.8 Å². The summed E-state index contributed by atoms with van der Waals surface area (Å²) in [7, 11) is 0. The number of aryl methyl sites for hydroxylation is 1. The SMILES string of the molecule is CCc1cc(=O)[nH]c(C2SCCSC2C)n1. The summed E-state index contributed by atoms with van der Waals surface area (Å²) in [4.78, 5) is 18.9. The van der Waals surface area contributed by atoms with Crippen molar-refractivity contribution >= 4 is 23.5 Å². The fraction of sp³-hybridized carbons (Fsp3) is 0.636. The Morgan fingerprint density at radius 1 is 1.50 bits per heavy atom. The Hall–Kier alpha value is -0.420. The molecule has 1 saturated heterocycles. The molecule has 0 radical (unpaired) electrons.